The number of imidazole rings is 2. The van der Waals surface area contributed by atoms with Crippen LogP contribution in [0.4, 0.5) is 0 Å². The van der Waals surface area contributed by atoms with Crippen molar-refractivity contribution in [3.8, 4) is 0 Å². The monoisotopic (exact) mass is 365 g/mol. The van der Waals surface area contributed by atoms with Crippen LogP contribution in [-0.2, 0) is 20.1 Å². The number of aryl methyl sites for hydroxylation is 3. The Morgan fingerprint density at radius 1 is 1.04 bits per heavy atom. The lowest BCUT2D eigenvalue weighted by molar-refractivity contribution is 0.550. The Labute approximate surface area is 150 Å². The van der Waals surface area contributed by atoms with E-state index in [0.29, 0.717) is 35.9 Å². The largest absolute Gasteiger partial charge is 0.332 e. The van der Waals surface area contributed by atoms with E-state index >= 15 is 0 Å². The first-order valence-electron chi connectivity index (χ1n) is 8.67. The highest BCUT2D eigenvalue weighted by Gasteiger charge is 2.22. The van der Waals surface area contributed by atoms with E-state index in [1.807, 2.05) is 22.8 Å². The minimum absolute atomic E-state index is 0.271. The van der Waals surface area contributed by atoms with Gasteiger partial charge in [0.25, 0.3) is 5.56 Å². The Bertz CT molecular complexity index is 1050. The summed E-state index contributed by atoms with van der Waals surface area (Å²) in [6.07, 6.45) is 2.83. The molecule has 3 aromatic rings. The predicted molar refractivity (Wildman–Crippen MR) is 99.9 cm³/mol. The van der Waals surface area contributed by atoms with Gasteiger partial charge in [-0.3, -0.25) is 18.3 Å². The SMILES string of the molecule is CCCCCn1c(=O)c2c(nc3n(CCCl)c(C)c(C)n23)n(C)c1=O. The Morgan fingerprint density at radius 3 is 2.40 bits per heavy atom. The molecule has 0 atom stereocenters. The van der Waals surface area contributed by atoms with E-state index in [9.17, 15) is 9.59 Å². The fraction of sp³-hybridized carbons (Fsp3) is 0.588. The quantitative estimate of drug-likeness (QED) is 0.497. The lowest BCUT2D eigenvalue weighted by atomic mass is 10.2. The molecule has 136 valence electrons. The molecule has 0 amide bonds. The lowest BCUT2D eigenvalue weighted by Gasteiger charge is -2.08. The molecule has 0 fully saturated rings. The van der Waals surface area contributed by atoms with Gasteiger partial charge >= 0.3 is 5.69 Å². The summed E-state index contributed by atoms with van der Waals surface area (Å²) in [5.41, 5.74) is 2.26. The minimum atomic E-state index is -0.312. The number of nitrogens with zero attached hydrogens (tertiary/aromatic N) is 5. The molecule has 0 aliphatic heterocycles. The van der Waals surface area contributed by atoms with Crippen LogP contribution in [-0.4, -0.2) is 29.0 Å². The van der Waals surface area contributed by atoms with Gasteiger partial charge in [0, 0.05) is 37.4 Å². The van der Waals surface area contributed by atoms with Crippen LogP contribution in [0.25, 0.3) is 16.9 Å². The molecule has 3 rings (SSSR count). The molecule has 0 aromatic carbocycles. The number of unbranched alkanes of at least 4 members (excludes halogenated alkanes) is 2. The highest BCUT2D eigenvalue weighted by atomic mass is 35.5. The summed E-state index contributed by atoms with van der Waals surface area (Å²) in [6.45, 7) is 7.08. The van der Waals surface area contributed by atoms with Crippen LogP contribution in [0.1, 0.15) is 37.6 Å². The Balaban J connectivity index is 2.37. The average molecular weight is 366 g/mol. The van der Waals surface area contributed by atoms with E-state index < -0.39 is 0 Å². The van der Waals surface area contributed by atoms with Crippen LogP contribution in [0, 0.1) is 13.8 Å². The number of hydrogen-bond acceptors (Lipinski definition) is 3. The van der Waals surface area contributed by atoms with Gasteiger partial charge in [0.2, 0.25) is 5.78 Å². The molecule has 0 spiro atoms. The van der Waals surface area contributed by atoms with Crippen LogP contribution >= 0.6 is 11.6 Å². The zero-order valence-corrected chi connectivity index (χ0v) is 15.9. The van der Waals surface area contributed by atoms with Gasteiger partial charge in [0.05, 0.1) is 0 Å². The molecule has 0 aliphatic carbocycles. The second-order valence-electron chi connectivity index (χ2n) is 6.44. The van der Waals surface area contributed by atoms with Crippen molar-refractivity contribution in [2.24, 2.45) is 7.05 Å². The standard InChI is InChI=1S/C17H24ClN5O2/c1-5-6-7-9-22-15(24)13-14(20(4)17(22)25)19-16-21(10-8-18)11(2)12(3)23(13)16/h5-10H2,1-4H3. The van der Waals surface area contributed by atoms with Crippen molar-refractivity contribution in [1.29, 1.82) is 0 Å². The van der Waals surface area contributed by atoms with Gasteiger partial charge in [-0.05, 0) is 20.3 Å². The number of alkyl halides is 1. The normalized spacial score (nSPS) is 11.9. The predicted octanol–water partition coefficient (Wildman–Crippen LogP) is 2.20. The molecule has 0 saturated heterocycles. The lowest BCUT2D eigenvalue weighted by Crippen LogP contribution is -2.39. The number of aromatic nitrogens is 5. The number of fused-ring (bicyclic) bond motifs is 3. The fourth-order valence-electron chi connectivity index (χ4n) is 3.38. The van der Waals surface area contributed by atoms with Crippen molar-refractivity contribution in [2.75, 3.05) is 5.88 Å². The van der Waals surface area contributed by atoms with Gasteiger partial charge in [-0.1, -0.05) is 19.8 Å². The van der Waals surface area contributed by atoms with E-state index in [1.54, 1.807) is 7.05 Å². The summed E-state index contributed by atoms with van der Waals surface area (Å²) in [5, 5.41) is 0. The van der Waals surface area contributed by atoms with Crippen molar-refractivity contribution < 1.29 is 0 Å². The Hall–Kier alpha value is -2.02. The van der Waals surface area contributed by atoms with Crippen molar-refractivity contribution in [3.63, 3.8) is 0 Å². The molecular weight excluding hydrogens is 342 g/mol. The third-order valence-electron chi connectivity index (χ3n) is 4.92. The molecule has 0 saturated carbocycles. The summed E-state index contributed by atoms with van der Waals surface area (Å²) in [7, 11) is 1.67. The first kappa shape index (κ1) is 17.8. The first-order chi connectivity index (χ1) is 11.9. The maximum Gasteiger partial charge on any atom is 0.332 e. The van der Waals surface area contributed by atoms with Crippen molar-refractivity contribution in [2.45, 2.75) is 53.1 Å². The van der Waals surface area contributed by atoms with Gasteiger partial charge in [-0.15, -0.1) is 11.6 Å². The number of halogens is 1. The van der Waals surface area contributed by atoms with Crippen LogP contribution in [0.15, 0.2) is 9.59 Å². The van der Waals surface area contributed by atoms with Crippen LogP contribution < -0.4 is 11.2 Å². The van der Waals surface area contributed by atoms with Crippen LogP contribution in [0.5, 0.6) is 0 Å². The second kappa shape index (κ2) is 6.71. The smallest absolute Gasteiger partial charge is 0.313 e. The number of rotatable bonds is 6. The summed E-state index contributed by atoms with van der Waals surface area (Å²) in [4.78, 5) is 30.3. The first-order valence-corrected chi connectivity index (χ1v) is 9.21. The van der Waals surface area contributed by atoms with Gasteiger partial charge < -0.3 is 4.57 Å². The summed E-state index contributed by atoms with van der Waals surface area (Å²) in [5.74, 6) is 1.11. The number of hydrogen-bond donors (Lipinski definition) is 0. The van der Waals surface area contributed by atoms with Gasteiger partial charge in [-0.2, -0.15) is 4.98 Å². The van der Waals surface area contributed by atoms with E-state index in [2.05, 4.69) is 11.9 Å². The van der Waals surface area contributed by atoms with Gasteiger partial charge in [0.1, 0.15) is 0 Å². The summed E-state index contributed by atoms with van der Waals surface area (Å²) >= 11 is 5.92. The summed E-state index contributed by atoms with van der Waals surface area (Å²) in [6, 6.07) is 0. The Kier molecular flexibility index (Phi) is 4.77. The Morgan fingerprint density at radius 2 is 1.76 bits per heavy atom. The molecule has 3 aromatic heterocycles. The molecule has 0 unspecified atom stereocenters. The van der Waals surface area contributed by atoms with E-state index in [1.165, 1.54) is 9.13 Å². The average Bonchev–Trinajstić information content (AvgIpc) is 3.08. The van der Waals surface area contributed by atoms with E-state index in [4.69, 9.17) is 11.6 Å². The second-order valence-corrected chi connectivity index (χ2v) is 6.81. The molecule has 0 radical (unpaired) electrons. The topological polar surface area (TPSA) is 66.2 Å². The molecule has 7 nitrogen and oxygen atoms in total. The molecule has 0 aliphatic rings. The van der Waals surface area contributed by atoms with Crippen molar-refractivity contribution >= 4 is 28.5 Å². The highest BCUT2D eigenvalue weighted by Crippen LogP contribution is 2.20. The van der Waals surface area contributed by atoms with Crippen molar-refractivity contribution in [3.05, 3.63) is 32.2 Å². The third-order valence-corrected chi connectivity index (χ3v) is 5.09. The van der Waals surface area contributed by atoms with Gasteiger partial charge in [0.15, 0.2) is 11.2 Å². The zero-order chi connectivity index (χ0) is 18.3. The van der Waals surface area contributed by atoms with Crippen LogP contribution in [0.2, 0.25) is 0 Å². The maximum atomic E-state index is 13.1. The minimum Gasteiger partial charge on any atom is -0.313 e. The van der Waals surface area contributed by atoms with Crippen molar-refractivity contribution in [1.82, 2.24) is 23.1 Å². The maximum absolute atomic E-state index is 13.1. The molecule has 25 heavy (non-hydrogen) atoms. The van der Waals surface area contributed by atoms with Gasteiger partial charge in [-0.25, -0.2) is 4.79 Å². The van der Waals surface area contributed by atoms with Crippen LogP contribution in [0.3, 0.4) is 0 Å². The molecular formula is C17H24ClN5O2. The molecule has 0 N–H and O–H groups in total. The highest BCUT2D eigenvalue weighted by molar-refractivity contribution is 6.17. The van der Waals surface area contributed by atoms with E-state index in [0.717, 1.165) is 30.7 Å². The molecule has 0 bridgehead atoms. The fourth-order valence-corrected chi connectivity index (χ4v) is 3.55. The zero-order valence-electron chi connectivity index (χ0n) is 15.2. The van der Waals surface area contributed by atoms with E-state index in [-0.39, 0.29) is 11.2 Å². The third kappa shape index (κ3) is 2.61. The molecule has 8 heteroatoms. The molecule has 3 heterocycles. The summed E-state index contributed by atoms with van der Waals surface area (Å²) < 4.78 is 6.65.